The van der Waals surface area contributed by atoms with Crippen molar-refractivity contribution in [1.82, 2.24) is 4.98 Å². The third-order valence-corrected chi connectivity index (χ3v) is 2.49. The number of aromatic nitrogens is 1. The van der Waals surface area contributed by atoms with Gasteiger partial charge in [0.25, 0.3) is 5.56 Å². The smallest absolute Gasteiger partial charge is 0.258 e. The van der Waals surface area contributed by atoms with Gasteiger partial charge in [0.2, 0.25) is 0 Å². The van der Waals surface area contributed by atoms with Crippen LogP contribution in [0.1, 0.15) is 5.56 Å². The highest BCUT2D eigenvalue weighted by Crippen LogP contribution is 2.21. The van der Waals surface area contributed by atoms with Gasteiger partial charge in [0.05, 0.1) is 16.8 Å². The van der Waals surface area contributed by atoms with Gasteiger partial charge >= 0.3 is 0 Å². The molecule has 0 unspecified atom stereocenters. The summed E-state index contributed by atoms with van der Waals surface area (Å²) in [5.41, 5.74) is 0.428. The topological polar surface area (TPSA) is 65.5 Å². The van der Waals surface area contributed by atoms with Crippen molar-refractivity contribution in [3.05, 3.63) is 45.2 Å². The third-order valence-electron chi connectivity index (χ3n) is 2.08. The molecule has 0 bridgehead atoms. The molecule has 0 aliphatic heterocycles. The van der Waals surface area contributed by atoms with Crippen molar-refractivity contribution in [3.8, 4) is 0 Å². The monoisotopic (exact) mass is 222 g/mol. The van der Waals surface area contributed by atoms with Gasteiger partial charge in [0.15, 0.2) is 0 Å². The number of oxime groups is 1. The van der Waals surface area contributed by atoms with Gasteiger partial charge in [0.1, 0.15) is 0 Å². The second-order valence-electron chi connectivity index (χ2n) is 2.97. The zero-order chi connectivity index (χ0) is 10.8. The first-order valence-electron chi connectivity index (χ1n) is 4.22. The van der Waals surface area contributed by atoms with E-state index in [1.54, 1.807) is 18.2 Å². The summed E-state index contributed by atoms with van der Waals surface area (Å²) in [5.74, 6) is 0. The summed E-state index contributed by atoms with van der Waals surface area (Å²) in [4.78, 5) is 14.1. The van der Waals surface area contributed by atoms with Crippen LogP contribution in [0.5, 0.6) is 0 Å². The molecule has 2 aromatic rings. The van der Waals surface area contributed by atoms with Crippen LogP contribution in [-0.4, -0.2) is 16.4 Å². The average Bonchev–Trinajstić information content (AvgIpc) is 2.24. The molecule has 1 aromatic carbocycles. The van der Waals surface area contributed by atoms with Gasteiger partial charge < -0.3 is 10.2 Å². The molecule has 1 aromatic heterocycles. The Morgan fingerprint density at radius 3 is 2.87 bits per heavy atom. The Labute approximate surface area is 89.8 Å². The lowest BCUT2D eigenvalue weighted by Crippen LogP contribution is -2.12. The zero-order valence-electron chi connectivity index (χ0n) is 7.57. The van der Waals surface area contributed by atoms with Gasteiger partial charge in [-0.3, -0.25) is 4.79 Å². The molecule has 0 radical (unpaired) electrons. The highest BCUT2D eigenvalue weighted by atomic mass is 35.5. The Balaban J connectivity index is 2.90. The highest BCUT2D eigenvalue weighted by molar-refractivity contribution is 6.37. The van der Waals surface area contributed by atoms with Crippen LogP contribution in [0.2, 0.25) is 5.02 Å². The fourth-order valence-corrected chi connectivity index (χ4v) is 1.69. The van der Waals surface area contributed by atoms with Gasteiger partial charge in [-0.1, -0.05) is 35.0 Å². The van der Waals surface area contributed by atoms with E-state index in [9.17, 15) is 4.79 Å². The molecule has 0 saturated carbocycles. The van der Waals surface area contributed by atoms with Crippen LogP contribution >= 0.6 is 11.6 Å². The molecule has 0 amide bonds. The summed E-state index contributed by atoms with van der Waals surface area (Å²) in [6.45, 7) is 0. The van der Waals surface area contributed by atoms with Crippen molar-refractivity contribution in [1.29, 1.82) is 0 Å². The van der Waals surface area contributed by atoms with Crippen LogP contribution in [0.15, 0.2) is 34.2 Å². The number of fused-ring (bicyclic) bond motifs is 1. The molecule has 0 aliphatic carbocycles. The number of halogens is 1. The van der Waals surface area contributed by atoms with Crippen molar-refractivity contribution in [2.24, 2.45) is 5.16 Å². The molecule has 76 valence electrons. The summed E-state index contributed by atoms with van der Waals surface area (Å²) in [6.07, 6.45) is 1.02. The quantitative estimate of drug-likeness (QED) is 0.440. The fourth-order valence-electron chi connectivity index (χ4n) is 1.39. The van der Waals surface area contributed by atoms with Crippen molar-refractivity contribution >= 4 is 28.7 Å². The fraction of sp³-hybridized carbons (Fsp3) is 0. The summed E-state index contributed by atoms with van der Waals surface area (Å²) in [7, 11) is 0. The number of nitrogens with one attached hydrogen (secondary N) is 1. The van der Waals surface area contributed by atoms with Gasteiger partial charge in [-0.25, -0.2) is 0 Å². The number of para-hydroxylation sites is 1. The van der Waals surface area contributed by atoms with Gasteiger partial charge in [0, 0.05) is 10.9 Å². The van der Waals surface area contributed by atoms with Crippen LogP contribution in [-0.2, 0) is 0 Å². The molecule has 2 N–H and O–H groups in total. The number of aromatic amines is 1. The molecule has 5 heteroatoms. The second kappa shape index (κ2) is 3.74. The average molecular weight is 223 g/mol. The van der Waals surface area contributed by atoms with Crippen LogP contribution in [0, 0.1) is 0 Å². The number of benzene rings is 1. The van der Waals surface area contributed by atoms with E-state index in [-0.39, 0.29) is 16.1 Å². The van der Waals surface area contributed by atoms with E-state index in [2.05, 4.69) is 10.1 Å². The number of hydrogen-bond donors (Lipinski definition) is 2. The predicted octanol–water partition coefficient (Wildman–Crippen LogP) is 1.99. The maximum atomic E-state index is 11.5. The highest BCUT2D eigenvalue weighted by Gasteiger charge is 2.08. The Bertz CT molecular complexity index is 589. The largest absolute Gasteiger partial charge is 0.411 e. The van der Waals surface area contributed by atoms with Crippen LogP contribution in [0.25, 0.3) is 10.9 Å². The van der Waals surface area contributed by atoms with Gasteiger partial charge in [-0.15, -0.1) is 0 Å². The maximum Gasteiger partial charge on any atom is 0.258 e. The summed E-state index contributed by atoms with van der Waals surface area (Å²) in [5, 5.41) is 12.2. The first kappa shape index (κ1) is 9.73. The standard InChI is InChI=1S/C10H7ClN2O2/c11-9-6-3-1-2-4-8(6)13-10(14)7(9)5-12-15/h1-5,15H,(H,13,14). The van der Waals surface area contributed by atoms with Crippen molar-refractivity contribution < 1.29 is 5.21 Å². The molecule has 15 heavy (non-hydrogen) atoms. The van der Waals surface area contributed by atoms with Crippen molar-refractivity contribution in [2.45, 2.75) is 0 Å². The molecule has 4 nitrogen and oxygen atoms in total. The van der Waals surface area contributed by atoms with E-state index in [4.69, 9.17) is 16.8 Å². The Morgan fingerprint density at radius 2 is 2.13 bits per heavy atom. The number of hydrogen-bond acceptors (Lipinski definition) is 3. The molecule has 0 aliphatic rings. The molecular formula is C10H7ClN2O2. The molecule has 1 heterocycles. The van der Waals surface area contributed by atoms with E-state index < -0.39 is 0 Å². The molecular weight excluding hydrogens is 216 g/mol. The number of nitrogens with zero attached hydrogens (tertiary/aromatic N) is 1. The summed E-state index contributed by atoms with van der Waals surface area (Å²) >= 11 is 6.00. The minimum atomic E-state index is -0.378. The predicted molar refractivity (Wildman–Crippen MR) is 59.0 cm³/mol. The summed E-state index contributed by atoms with van der Waals surface area (Å²) < 4.78 is 0. The van der Waals surface area contributed by atoms with Crippen molar-refractivity contribution in [3.63, 3.8) is 0 Å². The lowest BCUT2D eigenvalue weighted by molar-refractivity contribution is 0.322. The van der Waals surface area contributed by atoms with E-state index >= 15 is 0 Å². The van der Waals surface area contributed by atoms with Crippen molar-refractivity contribution in [2.75, 3.05) is 0 Å². The zero-order valence-corrected chi connectivity index (χ0v) is 8.32. The minimum Gasteiger partial charge on any atom is -0.411 e. The van der Waals surface area contributed by atoms with Crippen LogP contribution < -0.4 is 5.56 Å². The number of H-pyrrole nitrogens is 1. The first-order valence-corrected chi connectivity index (χ1v) is 4.60. The lowest BCUT2D eigenvalue weighted by atomic mass is 10.1. The molecule has 0 saturated heterocycles. The minimum absolute atomic E-state index is 0.151. The van der Waals surface area contributed by atoms with E-state index in [0.29, 0.717) is 10.9 Å². The molecule has 2 rings (SSSR count). The Morgan fingerprint density at radius 1 is 1.40 bits per heavy atom. The first-order chi connectivity index (χ1) is 7.24. The number of rotatable bonds is 1. The maximum absolute atomic E-state index is 11.5. The number of pyridine rings is 1. The molecule has 0 atom stereocenters. The van der Waals surface area contributed by atoms with E-state index in [1.807, 2.05) is 6.07 Å². The SMILES string of the molecule is O=c1[nH]c2ccccc2c(Cl)c1C=NO. The van der Waals surface area contributed by atoms with Gasteiger partial charge in [-0.05, 0) is 6.07 Å². The van der Waals surface area contributed by atoms with Crippen LogP contribution in [0.3, 0.4) is 0 Å². The summed E-state index contributed by atoms with van der Waals surface area (Å²) in [6, 6.07) is 7.14. The molecule has 0 spiro atoms. The normalized spacial score (nSPS) is 11.3. The van der Waals surface area contributed by atoms with E-state index in [1.165, 1.54) is 0 Å². The third kappa shape index (κ3) is 1.59. The second-order valence-corrected chi connectivity index (χ2v) is 3.35. The van der Waals surface area contributed by atoms with Gasteiger partial charge in [-0.2, -0.15) is 0 Å². The van der Waals surface area contributed by atoms with E-state index in [0.717, 1.165) is 6.21 Å². The molecule has 0 fully saturated rings. The lowest BCUT2D eigenvalue weighted by Gasteiger charge is -2.02. The van der Waals surface area contributed by atoms with Crippen LogP contribution in [0.4, 0.5) is 0 Å². The Kier molecular flexibility index (Phi) is 2.43. The Hall–Kier alpha value is -1.81.